The minimum Gasteiger partial charge on any atom is -0.489 e. The summed E-state index contributed by atoms with van der Waals surface area (Å²) in [6, 6.07) is 4.85. The van der Waals surface area contributed by atoms with Gasteiger partial charge in [0, 0.05) is 0 Å². The second-order valence-electron chi connectivity index (χ2n) is 3.57. The van der Waals surface area contributed by atoms with Crippen LogP contribution < -0.4 is 4.74 Å². The summed E-state index contributed by atoms with van der Waals surface area (Å²) in [6.45, 7) is 5.20. The lowest BCUT2D eigenvalue weighted by molar-refractivity contribution is -0.138. The van der Waals surface area contributed by atoms with E-state index in [9.17, 15) is 13.2 Å². The van der Waals surface area contributed by atoms with E-state index in [0.717, 1.165) is 12.1 Å². The summed E-state index contributed by atoms with van der Waals surface area (Å²) in [5, 5.41) is 8.56. The molecule has 0 heterocycles. The van der Waals surface area contributed by atoms with Crippen molar-refractivity contribution in [1.82, 2.24) is 0 Å². The number of hydrogen-bond acceptors (Lipinski definition) is 2. The third-order valence-electron chi connectivity index (χ3n) is 1.89. The van der Waals surface area contributed by atoms with Crippen LogP contribution in [0.3, 0.4) is 0 Å². The van der Waals surface area contributed by atoms with Gasteiger partial charge in [-0.1, -0.05) is 6.58 Å². The quantitative estimate of drug-likeness (QED) is 0.758. The first kappa shape index (κ1) is 13.1. The van der Waals surface area contributed by atoms with E-state index in [1.807, 2.05) is 0 Å². The molecule has 0 aliphatic carbocycles. The predicted molar refractivity (Wildman–Crippen MR) is 56.5 cm³/mol. The van der Waals surface area contributed by atoms with Crippen molar-refractivity contribution in [3.8, 4) is 11.8 Å². The van der Waals surface area contributed by atoms with Gasteiger partial charge in [-0.2, -0.15) is 18.4 Å². The molecule has 0 saturated heterocycles. The molecule has 0 aliphatic rings. The number of halogens is 3. The highest BCUT2D eigenvalue weighted by Crippen LogP contribution is 2.36. The fourth-order valence-corrected chi connectivity index (χ4v) is 1.15. The summed E-state index contributed by atoms with van der Waals surface area (Å²) >= 11 is 0. The number of rotatable bonds is 3. The Hall–Kier alpha value is -1.96. The molecule has 0 atom stereocenters. The highest BCUT2D eigenvalue weighted by Gasteiger charge is 2.34. The van der Waals surface area contributed by atoms with Gasteiger partial charge in [0.1, 0.15) is 12.4 Å². The van der Waals surface area contributed by atoms with Crippen LogP contribution in [0.1, 0.15) is 18.1 Å². The molecule has 0 bridgehead atoms. The van der Waals surface area contributed by atoms with Crippen molar-refractivity contribution < 1.29 is 17.9 Å². The van der Waals surface area contributed by atoms with E-state index in [2.05, 4.69) is 6.58 Å². The summed E-state index contributed by atoms with van der Waals surface area (Å²) in [6.07, 6.45) is -4.54. The first-order valence-corrected chi connectivity index (χ1v) is 4.73. The van der Waals surface area contributed by atoms with Crippen LogP contribution in [0.5, 0.6) is 5.75 Å². The number of benzene rings is 1. The van der Waals surface area contributed by atoms with Gasteiger partial charge in [-0.15, -0.1) is 0 Å². The molecule has 1 aromatic carbocycles. The maximum atomic E-state index is 12.7. The van der Waals surface area contributed by atoms with Crippen LogP contribution in [0.15, 0.2) is 30.4 Å². The van der Waals surface area contributed by atoms with Crippen LogP contribution in [0, 0.1) is 11.3 Å². The Morgan fingerprint density at radius 3 is 2.59 bits per heavy atom. The third kappa shape index (κ3) is 3.52. The molecule has 90 valence electrons. The lowest BCUT2D eigenvalue weighted by atomic mass is 10.1. The molecule has 0 aromatic heterocycles. The Kier molecular flexibility index (Phi) is 3.79. The largest absolute Gasteiger partial charge is 0.489 e. The Balaban J connectivity index is 3.12. The number of nitriles is 1. The first-order chi connectivity index (χ1) is 7.84. The second-order valence-corrected chi connectivity index (χ2v) is 3.57. The Bertz CT molecular complexity index is 472. The van der Waals surface area contributed by atoms with Crippen molar-refractivity contribution >= 4 is 0 Å². The van der Waals surface area contributed by atoms with Crippen molar-refractivity contribution in [1.29, 1.82) is 5.26 Å². The topological polar surface area (TPSA) is 33.0 Å². The second kappa shape index (κ2) is 4.91. The molecule has 0 amide bonds. The SMILES string of the molecule is C=C(C)COc1ccc(C#N)cc1C(F)(F)F. The van der Waals surface area contributed by atoms with Gasteiger partial charge in [0.25, 0.3) is 0 Å². The summed E-state index contributed by atoms with van der Waals surface area (Å²) in [7, 11) is 0. The fourth-order valence-electron chi connectivity index (χ4n) is 1.15. The van der Waals surface area contributed by atoms with Crippen LogP contribution in [0.25, 0.3) is 0 Å². The van der Waals surface area contributed by atoms with Gasteiger partial charge in [0.2, 0.25) is 0 Å². The van der Waals surface area contributed by atoms with E-state index < -0.39 is 11.7 Å². The fraction of sp³-hybridized carbons (Fsp3) is 0.250. The highest BCUT2D eigenvalue weighted by molar-refractivity contribution is 5.43. The smallest absolute Gasteiger partial charge is 0.420 e. The maximum absolute atomic E-state index is 12.7. The molecule has 0 fully saturated rings. The molecule has 0 unspecified atom stereocenters. The lowest BCUT2D eigenvalue weighted by Gasteiger charge is -2.14. The van der Waals surface area contributed by atoms with Gasteiger partial charge in [-0.3, -0.25) is 0 Å². The molecular weight excluding hydrogens is 231 g/mol. The Labute approximate surface area is 96.9 Å². The zero-order valence-corrected chi connectivity index (χ0v) is 9.14. The number of nitrogens with zero attached hydrogens (tertiary/aromatic N) is 1. The zero-order chi connectivity index (χ0) is 13.1. The van der Waals surface area contributed by atoms with Crippen molar-refractivity contribution in [3.05, 3.63) is 41.5 Å². The van der Waals surface area contributed by atoms with Crippen LogP contribution >= 0.6 is 0 Å². The lowest BCUT2D eigenvalue weighted by Crippen LogP contribution is -2.10. The zero-order valence-electron chi connectivity index (χ0n) is 9.14. The molecule has 0 spiro atoms. The van der Waals surface area contributed by atoms with Crippen LogP contribution in [0.2, 0.25) is 0 Å². The average molecular weight is 241 g/mol. The monoisotopic (exact) mass is 241 g/mol. The van der Waals surface area contributed by atoms with E-state index in [1.165, 1.54) is 6.07 Å². The first-order valence-electron chi connectivity index (χ1n) is 4.73. The number of alkyl halides is 3. The summed E-state index contributed by atoms with van der Waals surface area (Å²) in [4.78, 5) is 0. The number of ether oxygens (including phenoxy) is 1. The van der Waals surface area contributed by atoms with E-state index in [0.29, 0.717) is 5.57 Å². The van der Waals surface area contributed by atoms with Gasteiger partial charge in [-0.25, -0.2) is 0 Å². The molecule has 2 nitrogen and oxygen atoms in total. The van der Waals surface area contributed by atoms with Gasteiger partial charge in [0.15, 0.2) is 0 Å². The predicted octanol–water partition coefficient (Wildman–Crippen LogP) is 3.53. The van der Waals surface area contributed by atoms with Crippen LogP contribution in [-0.2, 0) is 6.18 Å². The minimum absolute atomic E-state index is 0.00891. The van der Waals surface area contributed by atoms with E-state index in [1.54, 1.807) is 13.0 Å². The molecule has 0 saturated carbocycles. The van der Waals surface area contributed by atoms with E-state index in [4.69, 9.17) is 10.00 Å². The highest BCUT2D eigenvalue weighted by atomic mass is 19.4. The molecule has 17 heavy (non-hydrogen) atoms. The van der Waals surface area contributed by atoms with Crippen molar-refractivity contribution in [3.63, 3.8) is 0 Å². The molecular formula is C12H10F3NO. The Morgan fingerprint density at radius 1 is 1.47 bits per heavy atom. The molecule has 5 heteroatoms. The molecule has 0 N–H and O–H groups in total. The van der Waals surface area contributed by atoms with Crippen LogP contribution in [0.4, 0.5) is 13.2 Å². The summed E-state index contributed by atoms with van der Waals surface area (Å²) in [5.41, 5.74) is -0.389. The van der Waals surface area contributed by atoms with E-state index in [-0.39, 0.29) is 17.9 Å². The Morgan fingerprint density at radius 2 is 2.12 bits per heavy atom. The van der Waals surface area contributed by atoms with Gasteiger partial charge < -0.3 is 4.74 Å². The molecule has 1 rings (SSSR count). The maximum Gasteiger partial charge on any atom is 0.420 e. The van der Waals surface area contributed by atoms with Gasteiger partial charge in [-0.05, 0) is 30.7 Å². The van der Waals surface area contributed by atoms with Crippen molar-refractivity contribution in [2.45, 2.75) is 13.1 Å². The van der Waals surface area contributed by atoms with Crippen LogP contribution in [-0.4, -0.2) is 6.61 Å². The minimum atomic E-state index is -4.54. The summed E-state index contributed by atoms with van der Waals surface area (Å²) < 4.78 is 43.0. The van der Waals surface area contributed by atoms with E-state index >= 15 is 0 Å². The summed E-state index contributed by atoms with van der Waals surface area (Å²) in [5.74, 6) is -0.292. The van der Waals surface area contributed by atoms with Gasteiger partial charge in [0.05, 0.1) is 17.2 Å². The molecule has 0 aliphatic heterocycles. The normalized spacial score (nSPS) is 10.8. The average Bonchev–Trinajstić information content (AvgIpc) is 2.24. The van der Waals surface area contributed by atoms with Crippen molar-refractivity contribution in [2.75, 3.05) is 6.61 Å². The molecule has 1 aromatic rings. The number of hydrogen-bond donors (Lipinski definition) is 0. The van der Waals surface area contributed by atoms with Gasteiger partial charge >= 0.3 is 6.18 Å². The molecule has 0 radical (unpaired) electrons. The standard InChI is InChI=1S/C12H10F3NO/c1-8(2)7-17-11-4-3-9(6-16)5-10(11)12(13,14)15/h3-5H,1,7H2,2H3. The third-order valence-corrected chi connectivity index (χ3v) is 1.89. The van der Waals surface area contributed by atoms with Crippen molar-refractivity contribution in [2.24, 2.45) is 0 Å².